The third kappa shape index (κ3) is 2.73. The number of piperazine rings is 1. The number of hydrogen-bond donors (Lipinski definition) is 1. The standard InChI is InChI=1S/C16H26N4/c1-19-8-9-20(2)13(11-19)10-15(17)14-6-5-12-4-3-7-18-16(12)14/h3-4,7,13-15H,5-6,8-11,17H2,1-2H3. The number of nitrogens with zero attached hydrogens (tertiary/aromatic N) is 3. The van der Waals surface area contributed by atoms with E-state index < -0.39 is 0 Å². The number of aryl methyl sites for hydroxylation is 1. The summed E-state index contributed by atoms with van der Waals surface area (Å²) in [6, 6.07) is 5.05. The zero-order valence-corrected chi connectivity index (χ0v) is 12.6. The Kier molecular flexibility index (Phi) is 4.06. The average Bonchev–Trinajstić information content (AvgIpc) is 2.87. The van der Waals surface area contributed by atoms with Crippen LogP contribution < -0.4 is 5.73 Å². The highest BCUT2D eigenvalue weighted by molar-refractivity contribution is 5.29. The van der Waals surface area contributed by atoms with Crippen LogP contribution in [0, 0.1) is 0 Å². The van der Waals surface area contributed by atoms with Gasteiger partial charge in [-0.3, -0.25) is 4.98 Å². The molecule has 0 aromatic carbocycles. The number of aromatic nitrogens is 1. The van der Waals surface area contributed by atoms with Gasteiger partial charge in [0.15, 0.2) is 0 Å². The Bertz CT molecular complexity index is 462. The summed E-state index contributed by atoms with van der Waals surface area (Å²) in [6.07, 6.45) is 5.29. The lowest BCUT2D eigenvalue weighted by Crippen LogP contribution is -2.52. The van der Waals surface area contributed by atoms with Crippen LogP contribution in [0.25, 0.3) is 0 Å². The monoisotopic (exact) mass is 274 g/mol. The van der Waals surface area contributed by atoms with E-state index in [1.807, 2.05) is 12.3 Å². The maximum absolute atomic E-state index is 6.55. The Hall–Kier alpha value is -0.970. The first kappa shape index (κ1) is 14.0. The van der Waals surface area contributed by atoms with Crippen molar-refractivity contribution in [3.8, 4) is 0 Å². The van der Waals surface area contributed by atoms with Crippen LogP contribution in [0.3, 0.4) is 0 Å². The Morgan fingerprint density at radius 3 is 3.10 bits per heavy atom. The van der Waals surface area contributed by atoms with Gasteiger partial charge < -0.3 is 15.5 Å². The molecule has 1 aromatic rings. The number of likely N-dealkylation sites (N-methyl/N-ethyl adjacent to an activating group) is 2. The van der Waals surface area contributed by atoms with Crippen molar-refractivity contribution >= 4 is 0 Å². The van der Waals surface area contributed by atoms with Crippen LogP contribution in [0.4, 0.5) is 0 Å². The molecule has 0 saturated carbocycles. The van der Waals surface area contributed by atoms with Gasteiger partial charge in [0.25, 0.3) is 0 Å². The fourth-order valence-corrected chi connectivity index (χ4v) is 3.70. The average molecular weight is 274 g/mol. The van der Waals surface area contributed by atoms with E-state index in [-0.39, 0.29) is 6.04 Å². The smallest absolute Gasteiger partial charge is 0.0482 e. The van der Waals surface area contributed by atoms with Crippen molar-refractivity contribution in [2.45, 2.75) is 37.3 Å². The van der Waals surface area contributed by atoms with E-state index in [1.54, 1.807) is 0 Å². The molecule has 2 heterocycles. The minimum absolute atomic E-state index is 0.227. The summed E-state index contributed by atoms with van der Waals surface area (Å²) in [5, 5.41) is 0. The Labute approximate surface area is 122 Å². The van der Waals surface area contributed by atoms with E-state index >= 15 is 0 Å². The molecule has 0 bridgehead atoms. The summed E-state index contributed by atoms with van der Waals surface area (Å²) in [4.78, 5) is 9.47. The van der Waals surface area contributed by atoms with Crippen LogP contribution >= 0.6 is 0 Å². The van der Waals surface area contributed by atoms with Crippen molar-refractivity contribution in [2.24, 2.45) is 5.73 Å². The SMILES string of the molecule is CN1CCN(C)C(CC(N)C2CCc3cccnc32)C1. The molecule has 3 rings (SSSR count). The summed E-state index contributed by atoms with van der Waals surface area (Å²) in [5.41, 5.74) is 9.21. The summed E-state index contributed by atoms with van der Waals surface area (Å²) in [6.45, 7) is 3.44. The highest BCUT2D eigenvalue weighted by atomic mass is 15.3. The molecule has 0 radical (unpaired) electrons. The van der Waals surface area contributed by atoms with Gasteiger partial charge in [0, 0.05) is 49.5 Å². The molecule has 0 spiro atoms. The number of fused-ring (bicyclic) bond motifs is 1. The predicted molar refractivity (Wildman–Crippen MR) is 81.8 cm³/mol. The second kappa shape index (κ2) is 5.80. The highest BCUT2D eigenvalue weighted by Crippen LogP contribution is 2.34. The van der Waals surface area contributed by atoms with Gasteiger partial charge in [-0.25, -0.2) is 0 Å². The molecular formula is C16H26N4. The molecule has 20 heavy (non-hydrogen) atoms. The van der Waals surface area contributed by atoms with Crippen LogP contribution in [0.1, 0.15) is 30.0 Å². The molecule has 3 unspecified atom stereocenters. The maximum Gasteiger partial charge on any atom is 0.0482 e. The van der Waals surface area contributed by atoms with Gasteiger partial charge in [-0.15, -0.1) is 0 Å². The van der Waals surface area contributed by atoms with Crippen molar-refractivity contribution < 1.29 is 0 Å². The summed E-state index contributed by atoms with van der Waals surface area (Å²) in [5.74, 6) is 0.451. The third-order valence-corrected chi connectivity index (χ3v) is 5.04. The van der Waals surface area contributed by atoms with Gasteiger partial charge in [-0.2, -0.15) is 0 Å². The Morgan fingerprint density at radius 1 is 1.40 bits per heavy atom. The quantitative estimate of drug-likeness (QED) is 0.896. The molecule has 4 nitrogen and oxygen atoms in total. The van der Waals surface area contributed by atoms with E-state index in [9.17, 15) is 0 Å². The van der Waals surface area contributed by atoms with Crippen LogP contribution in [-0.4, -0.2) is 60.6 Å². The van der Waals surface area contributed by atoms with Crippen molar-refractivity contribution in [2.75, 3.05) is 33.7 Å². The largest absolute Gasteiger partial charge is 0.327 e. The van der Waals surface area contributed by atoms with Crippen LogP contribution in [0.5, 0.6) is 0 Å². The van der Waals surface area contributed by atoms with Crippen molar-refractivity contribution in [3.63, 3.8) is 0 Å². The molecule has 1 aromatic heterocycles. The lowest BCUT2D eigenvalue weighted by molar-refractivity contribution is 0.102. The van der Waals surface area contributed by atoms with Crippen molar-refractivity contribution in [1.82, 2.24) is 14.8 Å². The van der Waals surface area contributed by atoms with Gasteiger partial charge in [0.05, 0.1) is 0 Å². The van der Waals surface area contributed by atoms with Crippen LogP contribution in [0.2, 0.25) is 0 Å². The fraction of sp³-hybridized carbons (Fsp3) is 0.688. The molecule has 110 valence electrons. The molecule has 2 N–H and O–H groups in total. The van der Waals surface area contributed by atoms with E-state index in [4.69, 9.17) is 5.73 Å². The number of pyridine rings is 1. The molecule has 1 aliphatic carbocycles. The predicted octanol–water partition coefficient (Wildman–Crippen LogP) is 1.07. The minimum Gasteiger partial charge on any atom is -0.327 e. The zero-order valence-electron chi connectivity index (χ0n) is 12.6. The summed E-state index contributed by atoms with van der Waals surface area (Å²) in [7, 11) is 4.43. The number of hydrogen-bond acceptors (Lipinski definition) is 4. The van der Waals surface area contributed by atoms with Gasteiger partial charge >= 0.3 is 0 Å². The van der Waals surface area contributed by atoms with E-state index in [0.717, 1.165) is 32.5 Å². The van der Waals surface area contributed by atoms with E-state index in [1.165, 1.54) is 17.7 Å². The van der Waals surface area contributed by atoms with E-state index in [2.05, 4.69) is 34.9 Å². The second-order valence-corrected chi connectivity index (χ2v) is 6.49. The van der Waals surface area contributed by atoms with Crippen LogP contribution in [-0.2, 0) is 6.42 Å². The van der Waals surface area contributed by atoms with Crippen LogP contribution in [0.15, 0.2) is 18.3 Å². The second-order valence-electron chi connectivity index (χ2n) is 6.49. The highest BCUT2D eigenvalue weighted by Gasteiger charge is 2.32. The first-order valence-electron chi connectivity index (χ1n) is 7.73. The fourth-order valence-electron chi connectivity index (χ4n) is 3.70. The number of rotatable bonds is 3. The molecule has 4 heteroatoms. The zero-order chi connectivity index (χ0) is 14.1. The Balaban J connectivity index is 1.66. The van der Waals surface area contributed by atoms with Crippen molar-refractivity contribution in [3.05, 3.63) is 29.6 Å². The molecule has 3 atom stereocenters. The maximum atomic E-state index is 6.55. The third-order valence-electron chi connectivity index (χ3n) is 5.04. The number of nitrogens with two attached hydrogens (primary N) is 1. The van der Waals surface area contributed by atoms with Gasteiger partial charge in [0.1, 0.15) is 0 Å². The molecule has 2 aliphatic rings. The minimum atomic E-state index is 0.227. The van der Waals surface area contributed by atoms with Gasteiger partial charge in [-0.05, 0) is 45.0 Å². The molecule has 0 amide bonds. The lowest BCUT2D eigenvalue weighted by atomic mass is 9.91. The van der Waals surface area contributed by atoms with Gasteiger partial charge in [0.2, 0.25) is 0 Å². The molecule has 1 saturated heterocycles. The normalized spacial score (nSPS) is 29.4. The molecular weight excluding hydrogens is 248 g/mol. The first-order chi connectivity index (χ1) is 9.65. The summed E-state index contributed by atoms with van der Waals surface area (Å²) < 4.78 is 0. The van der Waals surface area contributed by atoms with Gasteiger partial charge in [-0.1, -0.05) is 6.07 Å². The van der Waals surface area contributed by atoms with E-state index in [0.29, 0.717) is 12.0 Å². The summed E-state index contributed by atoms with van der Waals surface area (Å²) >= 11 is 0. The molecule has 1 aliphatic heterocycles. The first-order valence-corrected chi connectivity index (χ1v) is 7.73. The Morgan fingerprint density at radius 2 is 2.25 bits per heavy atom. The lowest BCUT2D eigenvalue weighted by Gasteiger charge is -2.39. The topological polar surface area (TPSA) is 45.4 Å². The van der Waals surface area contributed by atoms with Crippen molar-refractivity contribution in [1.29, 1.82) is 0 Å². The molecule has 1 fully saturated rings.